The topological polar surface area (TPSA) is 61.9 Å². The van der Waals surface area contributed by atoms with Gasteiger partial charge in [0.1, 0.15) is 12.1 Å². The van der Waals surface area contributed by atoms with Crippen molar-refractivity contribution < 1.29 is 14.3 Å². The summed E-state index contributed by atoms with van der Waals surface area (Å²) in [6.07, 6.45) is 1.50. The molecule has 0 aliphatic carbocycles. The lowest BCUT2D eigenvalue weighted by Gasteiger charge is -2.40. The van der Waals surface area contributed by atoms with Crippen molar-refractivity contribution in [3.63, 3.8) is 0 Å². The molecule has 7 heteroatoms. The number of para-hydroxylation sites is 1. The Balaban J connectivity index is 0.00000208. The first-order valence-electron chi connectivity index (χ1n) is 8.16. The van der Waals surface area contributed by atoms with E-state index in [1.54, 1.807) is 11.8 Å². The van der Waals surface area contributed by atoms with Gasteiger partial charge in [-0.3, -0.25) is 9.59 Å². The number of ether oxygens (including phenoxy) is 1. The number of carbonyl (C=O) groups is 2. The molecular formula is C17H24ClN3O3. The Labute approximate surface area is 148 Å². The van der Waals surface area contributed by atoms with Gasteiger partial charge in [-0.15, -0.1) is 12.4 Å². The van der Waals surface area contributed by atoms with Crippen molar-refractivity contribution in [2.45, 2.75) is 25.3 Å². The second-order valence-electron chi connectivity index (χ2n) is 5.99. The van der Waals surface area contributed by atoms with Crippen LogP contribution in [0.3, 0.4) is 0 Å². The zero-order valence-electron chi connectivity index (χ0n) is 13.9. The van der Waals surface area contributed by atoms with E-state index in [2.05, 4.69) is 10.2 Å². The average molecular weight is 354 g/mol. The summed E-state index contributed by atoms with van der Waals surface area (Å²) in [7, 11) is 0. The first-order chi connectivity index (χ1) is 11.2. The number of nitrogens with one attached hydrogen (secondary N) is 1. The van der Waals surface area contributed by atoms with Crippen LogP contribution in [0.2, 0.25) is 0 Å². The molecule has 0 radical (unpaired) electrons. The molecule has 0 bridgehead atoms. The fourth-order valence-electron chi connectivity index (χ4n) is 3.53. The van der Waals surface area contributed by atoms with Crippen LogP contribution in [-0.2, 0) is 14.3 Å². The zero-order valence-corrected chi connectivity index (χ0v) is 14.7. The van der Waals surface area contributed by atoms with Crippen molar-refractivity contribution in [1.29, 1.82) is 0 Å². The van der Waals surface area contributed by atoms with Crippen molar-refractivity contribution in [2.24, 2.45) is 0 Å². The van der Waals surface area contributed by atoms with Crippen LogP contribution in [0.1, 0.15) is 19.8 Å². The van der Waals surface area contributed by atoms with E-state index >= 15 is 0 Å². The summed E-state index contributed by atoms with van der Waals surface area (Å²) >= 11 is 0. The SMILES string of the molecule is CCOC(=O)CN1CN(c2ccccc2)C2(CCNCC2)C1=O.Cl. The number of piperidine rings is 1. The third kappa shape index (κ3) is 3.35. The van der Waals surface area contributed by atoms with Crippen LogP contribution < -0.4 is 10.2 Å². The molecule has 132 valence electrons. The molecule has 2 saturated heterocycles. The molecule has 0 aromatic heterocycles. The predicted octanol–water partition coefficient (Wildman–Crippen LogP) is 1.40. The van der Waals surface area contributed by atoms with Gasteiger partial charge in [-0.1, -0.05) is 18.2 Å². The van der Waals surface area contributed by atoms with Crippen molar-refractivity contribution >= 4 is 30.0 Å². The maximum Gasteiger partial charge on any atom is 0.325 e. The van der Waals surface area contributed by atoms with Gasteiger partial charge in [0.2, 0.25) is 0 Å². The van der Waals surface area contributed by atoms with Gasteiger partial charge < -0.3 is 19.9 Å². The van der Waals surface area contributed by atoms with Crippen LogP contribution in [0.25, 0.3) is 0 Å². The fraction of sp³-hybridized carbons (Fsp3) is 0.529. The summed E-state index contributed by atoms with van der Waals surface area (Å²) in [4.78, 5) is 28.6. The minimum atomic E-state index is -0.543. The van der Waals surface area contributed by atoms with Crippen LogP contribution in [-0.4, -0.2) is 55.2 Å². The molecule has 2 aliphatic rings. The van der Waals surface area contributed by atoms with E-state index < -0.39 is 5.54 Å². The van der Waals surface area contributed by atoms with E-state index in [0.29, 0.717) is 13.3 Å². The number of nitrogens with zero attached hydrogens (tertiary/aromatic N) is 2. The van der Waals surface area contributed by atoms with Crippen LogP contribution in [0.15, 0.2) is 30.3 Å². The van der Waals surface area contributed by atoms with Crippen molar-refractivity contribution in [1.82, 2.24) is 10.2 Å². The molecule has 1 aromatic rings. The molecule has 0 unspecified atom stereocenters. The number of amides is 1. The molecule has 1 amide bonds. The van der Waals surface area contributed by atoms with E-state index in [0.717, 1.165) is 31.6 Å². The Kier molecular flexibility index (Phi) is 6.07. The molecule has 2 fully saturated rings. The van der Waals surface area contributed by atoms with E-state index in [1.807, 2.05) is 30.3 Å². The molecule has 2 aliphatic heterocycles. The van der Waals surface area contributed by atoms with Crippen molar-refractivity contribution in [3.05, 3.63) is 30.3 Å². The molecule has 1 spiro atoms. The highest BCUT2D eigenvalue weighted by Gasteiger charge is 2.53. The zero-order chi connectivity index (χ0) is 16.3. The summed E-state index contributed by atoms with van der Waals surface area (Å²) in [5.41, 5.74) is 0.480. The Bertz CT molecular complexity index is 576. The average Bonchev–Trinajstić information content (AvgIpc) is 2.83. The maximum atomic E-state index is 13.1. The predicted molar refractivity (Wildman–Crippen MR) is 94.2 cm³/mol. The molecule has 1 aromatic carbocycles. The molecule has 0 atom stereocenters. The summed E-state index contributed by atoms with van der Waals surface area (Å²) in [6.45, 7) is 4.17. The number of benzene rings is 1. The molecule has 0 saturated carbocycles. The van der Waals surface area contributed by atoms with Gasteiger partial charge in [-0.2, -0.15) is 0 Å². The molecule has 24 heavy (non-hydrogen) atoms. The normalized spacial score (nSPS) is 19.3. The van der Waals surface area contributed by atoms with E-state index in [4.69, 9.17) is 4.74 Å². The van der Waals surface area contributed by atoms with E-state index in [-0.39, 0.29) is 30.8 Å². The largest absolute Gasteiger partial charge is 0.465 e. The standard InChI is InChI=1S/C17H23N3O3.ClH/c1-2-23-15(21)12-19-13-20(14-6-4-3-5-7-14)17(16(19)22)8-10-18-11-9-17;/h3-7,18H,2,8-13H2,1H3;1H. The number of halogens is 1. The van der Waals surface area contributed by atoms with Crippen molar-refractivity contribution in [2.75, 3.05) is 37.8 Å². The number of hydrogen-bond acceptors (Lipinski definition) is 5. The van der Waals surface area contributed by atoms with Crippen molar-refractivity contribution in [3.8, 4) is 0 Å². The Morgan fingerprint density at radius 1 is 1.25 bits per heavy atom. The number of anilines is 1. The molecule has 3 rings (SSSR count). The first-order valence-corrected chi connectivity index (χ1v) is 8.16. The monoisotopic (exact) mass is 353 g/mol. The molecular weight excluding hydrogens is 330 g/mol. The van der Waals surface area contributed by atoms with Gasteiger partial charge in [0, 0.05) is 5.69 Å². The van der Waals surface area contributed by atoms with Crippen LogP contribution in [0.4, 0.5) is 5.69 Å². The molecule has 1 N–H and O–H groups in total. The van der Waals surface area contributed by atoms with Gasteiger partial charge in [-0.25, -0.2) is 0 Å². The summed E-state index contributed by atoms with van der Waals surface area (Å²) in [5.74, 6) is -0.309. The minimum Gasteiger partial charge on any atom is -0.465 e. The third-order valence-electron chi connectivity index (χ3n) is 4.64. The highest BCUT2D eigenvalue weighted by molar-refractivity contribution is 5.95. The number of carbonyl (C=O) groups excluding carboxylic acids is 2. The lowest BCUT2D eigenvalue weighted by molar-refractivity contribution is -0.148. The summed E-state index contributed by atoms with van der Waals surface area (Å²) < 4.78 is 5.01. The highest BCUT2D eigenvalue weighted by Crippen LogP contribution is 2.37. The van der Waals surface area contributed by atoms with Gasteiger partial charge in [0.25, 0.3) is 5.91 Å². The summed E-state index contributed by atoms with van der Waals surface area (Å²) in [6, 6.07) is 9.95. The van der Waals surface area contributed by atoms with E-state index in [9.17, 15) is 9.59 Å². The van der Waals surface area contributed by atoms with Crippen LogP contribution >= 0.6 is 12.4 Å². The van der Waals surface area contributed by atoms with Gasteiger partial charge >= 0.3 is 5.97 Å². The van der Waals surface area contributed by atoms with Crippen LogP contribution in [0.5, 0.6) is 0 Å². The van der Waals surface area contributed by atoms with Gasteiger partial charge in [0.05, 0.1) is 13.3 Å². The quantitative estimate of drug-likeness (QED) is 0.829. The highest BCUT2D eigenvalue weighted by atomic mass is 35.5. The smallest absolute Gasteiger partial charge is 0.325 e. The maximum absolute atomic E-state index is 13.1. The second kappa shape index (κ2) is 7.85. The molecule has 2 heterocycles. The Morgan fingerprint density at radius 2 is 1.92 bits per heavy atom. The Hall–Kier alpha value is -1.79. The number of hydrogen-bond donors (Lipinski definition) is 1. The van der Waals surface area contributed by atoms with Gasteiger partial charge in [0.15, 0.2) is 0 Å². The third-order valence-corrected chi connectivity index (χ3v) is 4.64. The Morgan fingerprint density at radius 3 is 2.54 bits per heavy atom. The van der Waals surface area contributed by atoms with Crippen LogP contribution in [0, 0.1) is 0 Å². The number of esters is 1. The summed E-state index contributed by atoms with van der Waals surface area (Å²) in [5, 5.41) is 3.32. The molecule has 6 nitrogen and oxygen atoms in total. The number of rotatable bonds is 4. The second-order valence-corrected chi connectivity index (χ2v) is 5.99. The minimum absolute atomic E-state index is 0. The lowest BCUT2D eigenvalue weighted by atomic mass is 9.86. The fourth-order valence-corrected chi connectivity index (χ4v) is 3.53. The van der Waals surface area contributed by atoms with E-state index in [1.165, 1.54) is 0 Å². The first kappa shape index (κ1) is 18.5. The lowest BCUT2D eigenvalue weighted by Crippen LogP contribution is -2.55. The van der Waals surface area contributed by atoms with Gasteiger partial charge in [-0.05, 0) is 45.0 Å².